The molecule has 2 aromatic rings. The van der Waals surface area contributed by atoms with Gasteiger partial charge in [0.25, 0.3) is 5.91 Å². The van der Waals surface area contributed by atoms with E-state index in [9.17, 15) is 17.8 Å². The van der Waals surface area contributed by atoms with Gasteiger partial charge in [0.1, 0.15) is 0 Å². The molecule has 2 rings (SSSR count). The molecule has 150 valence electrons. The van der Waals surface area contributed by atoms with E-state index in [1.807, 2.05) is 18.9 Å². The van der Waals surface area contributed by atoms with Gasteiger partial charge in [-0.05, 0) is 49.7 Å². The maximum absolute atomic E-state index is 13.3. The number of rotatable bonds is 5. The summed E-state index contributed by atoms with van der Waals surface area (Å²) < 4.78 is 43.2. The van der Waals surface area contributed by atoms with Gasteiger partial charge in [-0.15, -0.1) is 0 Å². The quantitative estimate of drug-likeness (QED) is 0.507. The van der Waals surface area contributed by atoms with Gasteiger partial charge in [0.2, 0.25) is 0 Å². The minimum absolute atomic E-state index is 0.193. The van der Waals surface area contributed by atoms with Gasteiger partial charge in [-0.3, -0.25) is 4.79 Å². The highest BCUT2D eigenvalue weighted by Gasteiger charge is 2.17. The SMILES string of the molecule is CCN(C)C=Nc1cc(C)c(S(C)(=O)=NC(=O)c2ccc(F)c(F)c2)cc1Cl. The lowest BCUT2D eigenvalue weighted by Crippen LogP contribution is -2.14. The molecule has 0 aromatic heterocycles. The zero-order valence-electron chi connectivity index (χ0n) is 15.9. The number of aryl methyl sites for hydroxylation is 1. The van der Waals surface area contributed by atoms with Crippen LogP contribution in [0.15, 0.2) is 44.6 Å². The summed E-state index contributed by atoms with van der Waals surface area (Å²) in [5.74, 6) is -3.17. The van der Waals surface area contributed by atoms with Gasteiger partial charge in [-0.25, -0.2) is 18.0 Å². The lowest BCUT2D eigenvalue weighted by molar-refractivity contribution is 0.100. The molecular formula is C19H20ClF2N3O2S. The van der Waals surface area contributed by atoms with Crippen molar-refractivity contribution in [3.63, 3.8) is 0 Å². The number of nitrogens with zero attached hydrogens (tertiary/aromatic N) is 3. The maximum Gasteiger partial charge on any atom is 0.285 e. The Morgan fingerprint density at radius 1 is 1.25 bits per heavy atom. The fourth-order valence-electron chi connectivity index (χ4n) is 2.29. The molecular weight excluding hydrogens is 408 g/mol. The summed E-state index contributed by atoms with van der Waals surface area (Å²) in [5, 5.41) is 0.256. The minimum Gasteiger partial charge on any atom is -0.366 e. The van der Waals surface area contributed by atoms with Gasteiger partial charge in [-0.2, -0.15) is 4.36 Å². The van der Waals surface area contributed by atoms with E-state index in [0.717, 1.165) is 24.7 Å². The third-order valence-electron chi connectivity index (χ3n) is 3.97. The minimum atomic E-state index is -3.17. The van der Waals surface area contributed by atoms with Crippen LogP contribution in [0.3, 0.4) is 0 Å². The van der Waals surface area contributed by atoms with Crippen LogP contribution in [0.4, 0.5) is 14.5 Å². The van der Waals surface area contributed by atoms with E-state index in [-0.39, 0.29) is 15.5 Å². The zero-order chi connectivity index (χ0) is 21.1. The second-order valence-electron chi connectivity index (χ2n) is 6.21. The Labute approximate surface area is 168 Å². The Hall–Kier alpha value is -2.32. The molecule has 2 aromatic carbocycles. The van der Waals surface area contributed by atoms with Crippen molar-refractivity contribution in [3.8, 4) is 0 Å². The summed E-state index contributed by atoms with van der Waals surface area (Å²) in [6.07, 6.45) is 2.91. The number of aliphatic imine (C=N–C) groups is 1. The van der Waals surface area contributed by atoms with Gasteiger partial charge in [0, 0.05) is 25.4 Å². The number of carbonyl (C=O) groups is 1. The van der Waals surface area contributed by atoms with Crippen LogP contribution in [0.2, 0.25) is 5.02 Å². The summed E-state index contributed by atoms with van der Waals surface area (Å²) in [6, 6.07) is 5.73. The first kappa shape index (κ1) is 22.0. The molecule has 0 spiro atoms. The van der Waals surface area contributed by atoms with Gasteiger partial charge in [0.05, 0.1) is 31.7 Å². The summed E-state index contributed by atoms with van der Waals surface area (Å²) >= 11 is 6.25. The van der Waals surface area contributed by atoms with Crippen LogP contribution in [-0.2, 0) is 9.73 Å². The largest absolute Gasteiger partial charge is 0.366 e. The molecule has 1 amide bonds. The van der Waals surface area contributed by atoms with Crippen molar-refractivity contribution in [1.82, 2.24) is 4.90 Å². The number of carbonyl (C=O) groups excluding carboxylic acids is 1. The van der Waals surface area contributed by atoms with Gasteiger partial charge in [-0.1, -0.05) is 11.6 Å². The van der Waals surface area contributed by atoms with Gasteiger partial charge < -0.3 is 4.90 Å². The molecule has 1 atom stereocenters. The van der Waals surface area contributed by atoms with Crippen molar-refractivity contribution >= 4 is 39.3 Å². The zero-order valence-corrected chi connectivity index (χ0v) is 17.4. The Morgan fingerprint density at radius 3 is 2.54 bits per heavy atom. The third-order valence-corrected chi connectivity index (χ3v) is 6.04. The Bertz CT molecular complexity index is 1060. The van der Waals surface area contributed by atoms with Crippen molar-refractivity contribution in [2.24, 2.45) is 9.36 Å². The molecule has 0 saturated carbocycles. The fraction of sp³-hybridized carbons (Fsp3) is 0.263. The molecule has 0 saturated heterocycles. The molecule has 0 N–H and O–H groups in total. The molecule has 9 heteroatoms. The van der Waals surface area contributed by atoms with Crippen LogP contribution in [-0.4, -0.2) is 41.2 Å². The lowest BCUT2D eigenvalue weighted by Gasteiger charge is -2.12. The Morgan fingerprint density at radius 2 is 1.93 bits per heavy atom. The molecule has 28 heavy (non-hydrogen) atoms. The number of hydrogen-bond acceptors (Lipinski definition) is 3. The first-order valence-corrected chi connectivity index (χ1v) is 10.6. The van der Waals surface area contributed by atoms with Crippen molar-refractivity contribution in [2.45, 2.75) is 18.7 Å². The average molecular weight is 428 g/mol. The van der Waals surface area contributed by atoms with E-state index < -0.39 is 27.3 Å². The molecule has 1 unspecified atom stereocenters. The van der Waals surface area contributed by atoms with Crippen molar-refractivity contribution in [2.75, 3.05) is 19.8 Å². The van der Waals surface area contributed by atoms with Crippen molar-refractivity contribution in [1.29, 1.82) is 0 Å². The van der Waals surface area contributed by atoms with Crippen LogP contribution in [0.5, 0.6) is 0 Å². The predicted octanol–water partition coefficient (Wildman–Crippen LogP) is 4.84. The van der Waals surface area contributed by atoms with Gasteiger partial charge in [0.15, 0.2) is 11.6 Å². The molecule has 0 radical (unpaired) electrons. The fourth-order valence-corrected chi connectivity index (χ4v) is 4.08. The van der Waals surface area contributed by atoms with Crippen molar-refractivity contribution in [3.05, 3.63) is 58.1 Å². The van der Waals surface area contributed by atoms with Crippen LogP contribution in [0.25, 0.3) is 0 Å². The lowest BCUT2D eigenvalue weighted by atomic mass is 10.2. The van der Waals surface area contributed by atoms with E-state index >= 15 is 0 Å². The van der Waals surface area contributed by atoms with Crippen LogP contribution >= 0.6 is 11.6 Å². The first-order chi connectivity index (χ1) is 13.0. The van der Waals surface area contributed by atoms with Crippen LogP contribution in [0, 0.1) is 18.6 Å². The average Bonchev–Trinajstić information content (AvgIpc) is 2.63. The standard InChI is InChI=1S/C19H20ClF2N3O2S/c1-5-25(3)11-23-17-8-12(2)18(10-14(17)20)28(4,27)24-19(26)13-6-7-15(21)16(22)9-13/h6-11H,5H2,1-4H3. The molecule has 0 bridgehead atoms. The van der Waals surface area contributed by atoms with Gasteiger partial charge >= 0.3 is 0 Å². The van der Waals surface area contributed by atoms with E-state index in [2.05, 4.69) is 9.36 Å². The van der Waals surface area contributed by atoms with E-state index in [1.54, 1.807) is 19.3 Å². The smallest absolute Gasteiger partial charge is 0.285 e. The molecule has 0 aliphatic heterocycles. The first-order valence-electron chi connectivity index (χ1n) is 8.31. The maximum atomic E-state index is 13.3. The number of hydrogen-bond donors (Lipinski definition) is 0. The number of halogens is 3. The number of amides is 1. The van der Waals surface area contributed by atoms with Crippen molar-refractivity contribution < 1.29 is 17.8 Å². The highest BCUT2D eigenvalue weighted by Crippen LogP contribution is 2.31. The molecule has 0 aliphatic carbocycles. The summed E-state index contributed by atoms with van der Waals surface area (Å²) in [6.45, 7) is 4.45. The summed E-state index contributed by atoms with van der Waals surface area (Å²) in [7, 11) is -1.31. The molecule has 0 heterocycles. The second kappa shape index (κ2) is 8.79. The molecule has 0 fully saturated rings. The monoisotopic (exact) mass is 427 g/mol. The Kier molecular flexibility index (Phi) is 6.90. The topological polar surface area (TPSA) is 62.1 Å². The summed E-state index contributed by atoms with van der Waals surface area (Å²) in [5.41, 5.74) is 0.886. The third kappa shape index (κ3) is 5.14. The summed E-state index contributed by atoms with van der Waals surface area (Å²) in [4.78, 5) is 18.7. The predicted molar refractivity (Wildman–Crippen MR) is 108 cm³/mol. The van der Waals surface area contributed by atoms with E-state index in [1.165, 1.54) is 12.3 Å². The molecule has 0 aliphatic rings. The number of benzene rings is 2. The van der Waals surface area contributed by atoms with E-state index in [4.69, 9.17) is 11.6 Å². The van der Waals surface area contributed by atoms with Crippen LogP contribution < -0.4 is 0 Å². The highest BCUT2D eigenvalue weighted by molar-refractivity contribution is 7.93. The van der Waals surface area contributed by atoms with Crippen LogP contribution in [0.1, 0.15) is 22.8 Å². The Balaban J connectivity index is 2.44. The second-order valence-corrected chi connectivity index (χ2v) is 8.85. The highest BCUT2D eigenvalue weighted by atomic mass is 35.5. The van der Waals surface area contributed by atoms with E-state index in [0.29, 0.717) is 11.3 Å². The molecule has 5 nitrogen and oxygen atoms in total. The normalized spacial score (nSPS) is 13.4.